The van der Waals surface area contributed by atoms with Crippen LogP contribution in [-0.4, -0.2) is 25.0 Å². The summed E-state index contributed by atoms with van der Waals surface area (Å²) >= 11 is 1.57. The van der Waals surface area contributed by atoms with Gasteiger partial charge in [-0.2, -0.15) is 0 Å². The van der Waals surface area contributed by atoms with E-state index in [1.54, 1.807) is 18.3 Å². The van der Waals surface area contributed by atoms with Crippen molar-refractivity contribution in [3.63, 3.8) is 0 Å². The zero-order valence-corrected chi connectivity index (χ0v) is 10.4. The molecule has 0 saturated heterocycles. The van der Waals surface area contributed by atoms with Crippen molar-refractivity contribution in [2.45, 2.75) is 20.8 Å². The van der Waals surface area contributed by atoms with Crippen molar-refractivity contribution in [1.82, 2.24) is 5.32 Å². The van der Waals surface area contributed by atoms with Crippen LogP contribution in [0.2, 0.25) is 0 Å². The first-order chi connectivity index (χ1) is 7.54. The number of carbonyl (C=O) groups is 2. The number of carbonyl (C=O) groups excluding carboxylic acids is 2. The highest BCUT2D eigenvalue weighted by molar-refractivity contribution is 7.12. The van der Waals surface area contributed by atoms with Gasteiger partial charge in [0.2, 0.25) is 0 Å². The Labute approximate surface area is 98.6 Å². The first-order valence-corrected chi connectivity index (χ1v) is 5.87. The van der Waals surface area contributed by atoms with Gasteiger partial charge in [0.05, 0.1) is 12.2 Å². The molecule has 1 aromatic heterocycles. The summed E-state index contributed by atoms with van der Waals surface area (Å²) in [5.41, 5.74) is 0.631. The Morgan fingerprint density at radius 1 is 1.44 bits per heavy atom. The molecule has 0 atom stereocenters. The largest absolute Gasteiger partial charge is 0.465 e. The molecule has 1 aromatic rings. The van der Waals surface area contributed by atoms with Crippen LogP contribution in [0.3, 0.4) is 0 Å². The van der Waals surface area contributed by atoms with Gasteiger partial charge in [-0.05, 0) is 26.8 Å². The van der Waals surface area contributed by atoms with Crippen LogP contribution < -0.4 is 5.32 Å². The van der Waals surface area contributed by atoms with Crippen molar-refractivity contribution in [3.8, 4) is 0 Å². The normalized spacial score (nSPS) is 9.94. The average molecular weight is 241 g/mol. The Hall–Kier alpha value is -1.36. The van der Waals surface area contributed by atoms with Crippen molar-refractivity contribution in [3.05, 3.63) is 21.4 Å². The minimum Gasteiger partial charge on any atom is -0.465 e. The second-order valence-electron chi connectivity index (χ2n) is 3.31. The van der Waals surface area contributed by atoms with Crippen LogP contribution in [0.25, 0.3) is 0 Å². The molecule has 1 rings (SSSR count). The quantitative estimate of drug-likeness (QED) is 0.816. The summed E-state index contributed by atoms with van der Waals surface area (Å²) < 4.78 is 4.71. The molecule has 4 nitrogen and oxygen atoms in total. The molecular weight excluding hydrogens is 226 g/mol. The van der Waals surface area contributed by atoms with E-state index in [1.807, 2.05) is 19.9 Å². The zero-order valence-electron chi connectivity index (χ0n) is 9.62. The van der Waals surface area contributed by atoms with E-state index in [-0.39, 0.29) is 12.5 Å². The lowest BCUT2D eigenvalue weighted by atomic mass is 10.2. The molecule has 1 amide bonds. The summed E-state index contributed by atoms with van der Waals surface area (Å²) in [5.74, 6) is -0.643. The summed E-state index contributed by atoms with van der Waals surface area (Å²) in [6.07, 6.45) is 0. The Balaban J connectivity index is 2.53. The van der Waals surface area contributed by atoms with Gasteiger partial charge in [0.15, 0.2) is 0 Å². The summed E-state index contributed by atoms with van der Waals surface area (Å²) in [4.78, 5) is 24.7. The fourth-order valence-electron chi connectivity index (χ4n) is 1.32. The second kappa shape index (κ2) is 5.65. The molecule has 0 aliphatic heterocycles. The molecule has 0 spiro atoms. The molecule has 1 heterocycles. The predicted octanol–water partition coefficient (Wildman–Crippen LogP) is 1.66. The van der Waals surface area contributed by atoms with Crippen LogP contribution in [0.1, 0.15) is 27.0 Å². The van der Waals surface area contributed by atoms with E-state index in [0.29, 0.717) is 12.2 Å². The maximum Gasteiger partial charge on any atom is 0.325 e. The van der Waals surface area contributed by atoms with Crippen molar-refractivity contribution in [2.75, 3.05) is 13.2 Å². The number of amides is 1. The van der Waals surface area contributed by atoms with Gasteiger partial charge < -0.3 is 10.1 Å². The van der Waals surface area contributed by atoms with Crippen LogP contribution in [0.15, 0.2) is 6.07 Å². The molecule has 0 fully saturated rings. The summed E-state index contributed by atoms with van der Waals surface area (Å²) in [5, 5.41) is 2.53. The smallest absolute Gasteiger partial charge is 0.325 e. The van der Waals surface area contributed by atoms with Crippen LogP contribution in [-0.2, 0) is 9.53 Å². The number of esters is 1. The highest BCUT2D eigenvalue weighted by Gasteiger charge is 2.12. The second-order valence-corrected chi connectivity index (χ2v) is 4.78. The van der Waals surface area contributed by atoms with Crippen molar-refractivity contribution < 1.29 is 14.3 Å². The number of ether oxygens (including phenoxy) is 1. The summed E-state index contributed by atoms with van der Waals surface area (Å²) in [6, 6.07) is 1.82. The van der Waals surface area contributed by atoms with Crippen LogP contribution in [0.4, 0.5) is 0 Å². The van der Waals surface area contributed by atoms with Gasteiger partial charge in [-0.25, -0.2) is 0 Å². The van der Waals surface area contributed by atoms with Gasteiger partial charge in [0, 0.05) is 9.75 Å². The van der Waals surface area contributed by atoms with Crippen molar-refractivity contribution in [1.29, 1.82) is 0 Å². The van der Waals surface area contributed by atoms with Gasteiger partial charge in [0.1, 0.15) is 6.54 Å². The van der Waals surface area contributed by atoms with Gasteiger partial charge in [-0.1, -0.05) is 0 Å². The Bertz CT molecular complexity index is 398. The molecule has 0 saturated carbocycles. The number of rotatable bonds is 4. The lowest BCUT2D eigenvalue weighted by molar-refractivity contribution is -0.141. The Morgan fingerprint density at radius 2 is 2.12 bits per heavy atom. The molecule has 0 bridgehead atoms. The fourth-order valence-corrected chi connectivity index (χ4v) is 2.24. The van der Waals surface area contributed by atoms with E-state index in [2.05, 4.69) is 5.32 Å². The SMILES string of the molecule is CCOC(=O)CNC(=O)c1cc(C)sc1C. The third kappa shape index (κ3) is 3.34. The zero-order chi connectivity index (χ0) is 12.1. The highest BCUT2D eigenvalue weighted by atomic mass is 32.1. The van der Waals surface area contributed by atoms with Gasteiger partial charge in [0.25, 0.3) is 5.91 Å². The minimum atomic E-state index is -0.416. The van der Waals surface area contributed by atoms with E-state index in [1.165, 1.54) is 0 Å². The van der Waals surface area contributed by atoms with Gasteiger partial charge in [-0.15, -0.1) is 11.3 Å². The first-order valence-electron chi connectivity index (χ1n) is 5.05. The lowest BCUT2D eigenvalue weighted by Crippen LogP contribution is -2.30. The van der Waals surface area contributed by atoms with E-state index in [0.717, 1.165) is 9.75 Å². The van der Waals surface area contributed by atoms with Gasteiger partial charge in [-0.3, -0.25) is 9.59 Å². The lowest BCUT2D eigenvalue weighted by Gasteiger charge is -2.04. The molecule has 0 radical (unpaired) electrons. The summed E-state index contributed by atoms with van der Waals surface area (Å²) in [6.45, 7) is 5.80. The van der Waals surface area contributed by atoms with E-state index in [4.69, 9.17) is 4.74 Å². The Morgan fingerprint density at radius 3 is 2.62 bits per heavy atom. The van der Waals surface area contributed by atoms with Crippen molar-refractivity contribution >= 4 is 23.2 Å². The number of hydrogen-bond donors (Lipinski definition) is 1. The monoisotopic (exact) mass is 241 g/mol. The van der Waals surface area contributed by atoms with Crippen LogP contribution >= 0.6 is 11.3 Å². The molecule has 0 aliphatic carbocycles. The molecule has 16 heavy (non-hydrogen) atoms. The molecule has 1 N–H and O–H groups in total. The standard InChI is InChI=1S/C11H15NO3S/c1-4-15-10(13)6-12-11(14)9-5-7(2)16-8(9)3/h5H,4,6H2,1-3H3,(H,12,14). The first kappa shape index (κ1) is 12.7. The minimum absolute atomic E-state index is 0.0823. The summed E-state index contributed by atoms with van der Waals surface area (Å²) in [7, 11) is 0. The van der Waals surface area contributed by atoms with Crippen LogP contribution in [0, 0.1) is 13.8 Å². The number of aryl methyl sites for hydroxylation is 2. The molecule has 5 heteroatoms. The average Bonchev–Trinajstić information content (AvgIpc) is 2.55. The highest BCUT2D eigenvalue weighted by Crippen LogP contribution is 2.20. The third-order valence-electron chi connectivity index (χ3n) is 1.98. The molecule has 88 valence electrons. The topological polar surface area (TPSA) is 55.4 Å². The molecule has 0 aliphatic rings. The maximum absolute atomic E-state index is 11.7. The number of hydrogen-bond acceptors (Lipinski definition) is 4. The fraction of sp³-hybridized carbons (Fsp3) is 0.455. The van der Waals surface area contributed by atoms with E-state index >= 15 is 0 Å². The van der Waals surface area contributed by atoms with E-state index < -0.39 is 5.97 Å². The Kier molecular flexibility index (Phi) is 4.49. The third-order valence-corrected chi connectivity index (χ3v) is 2.95. The molecule has 0 unspecified atom stereocenters. The number of thiophene rings is 1. The van der Waals surface area contributed by atoms with Crippen LogP contribution in [0.5, 0.6) is 0 Å². The maximum atomic E-state index is 11.7. The molecule has 0 aromatic carbocycles. The molecular formula is C11H15NO3S. The van der Waals surface area contributed by atoms with Crippen molar-refractivity contribution in [2.24, 2.45) is 0 Å². The van der Waals surface area contributed by atoms with Gasteiger partial charge >= 0.3 is 5.97 Å². The number of nitrogens with one attached hydrogen (secondary N) is 1. The predicted molar refractivity (Wildman–Crippen MR) is 62.8 cm³/mol. The van der Waals surface area contributed by atoms with E-state index in [9.17, 15) is 9.59 Å².